The lowest BCUT2D eigenvalue weighted by atomic mass is 10.2. The Labute approximate surface area is 76.7 Å². The molecule has 0 fully saturated rings. The molecule has 0 saturated carbocycles. The number of aromatic nitrogens is 1. The normalized spacial score (nSPS) is 9.46. The summed E-state index contributed by atoms with van der Waals surface area (Å²) in [5, 5.41) is 8.83. The largest absolute Gasteiger partial charge is 0.323 e. The van der Waals surface area contributed by atoms with E-state index in [0.717, 1.165) is 5.69 Å². The summed E-state index contributed by atoms with van der Waals surface area (Å²) in [6.07, 6.45) is 3.83. The van der Waals surface area contributed by atoms with E-state index < -0.39 is 0 Å². The average molecular weight is 167 g/mol. The van der Waals surface area contributed by atoms with Crippen molar-refractivity contribution in [3.63, 3.8) is 0 Å². The summed E-state index contributed by atoms with van der Waals surface area (Å²) in [5.74, 6) is 0. The maximum absolute atomic E-state index is 8.83. The van der Waals surface area contributed by atoms with E-state index in [2.05, 4.69) is 12.1 Å². The van der Waals surface area contributed by atoms with Gasteiger partial charge in [0.1, 0.15) is 6.07 Å². The van der Waals surface area contributed by atoms with Crippen molar-refractivity contribution >= 4 is 0 Å². The SMILES string of the molecule is N#Cc1c[c]ccc1-n1cccc1. The van der Waals surface area contributed by atoms with Gasteiger partial charge in [-0.05, 0) is 30.3 Å². The fourth-order valence-electron chi connectivity index (χ4n) is 1.23. The third kappa shape index (κ3) is 1.32. The lowest BCUT2D eigenvalue weighted by Crippen LogP contribution is -1.92. The molecule has 2 aromatic rings. The van der Waals surface area contributed by atoms with E-state index in [1.54, 1.807) is 12.1 Å². The van der Waals surface area contributed by atoms with Gasteiger partial charge in [-0.3, -0.25) is 0 Å². The summed E-state index contributed by atoms with van der Waals surface area (Å²) in [6, 6.07) is 14.2. The van der Waals surface area contributed by atoms with E-state index in [-0.39, 0.29) is 0 Å². The van der Waals surface area contributed by atoms with Gasteiger partial charge in [0.25, 0.3) is 0 Å². The highest BCUT2D eigenvalue weighted by Crippen LogP contribution is 2.12. The van der Waals surface area contributed by atoms with Crippen LogP contribution in [0.1, 0.15) is 5.56 Å². The summed E-state index contributed by atoms with van der Waals surface area (Å²) in [4.78, 5) is 0. The molecule has 1 aromatic heterocycles. The molecule has 0 amide bonds. The van der Waals surface area contributed by atoms with Crippen molar-refractivity contribution in [2.24, 2.45) is 0 Å². The molecule has 0 atom stereocenters. The van der Waals surface area contributed by atoms with Crippen LogP contribution in [-0.4, -0.2) is 4.57 Å². The first kappa shape index (κ1) is 7.63. The maximum atomic E-state index is 8.83. The van der Waals surface area contributed by atoms with E-state index in [0.29, 0.717) is 5.56 Å². The molecule has 13 heavy (non-hydrogen) atoms. The fraction of sp³-hybridized carbons (Fsp3) is 0. The summed E-state index contributed by atoms with van der Waals surface area (Å²) in [7, 11) is 0. The first-order chi connectivity index (χ1) is 6.42. The van der Waals surface area contributed by atoms with Gasteiger partial charge in [0.05, 0.1) is 11.3 Å². The molecule has 0 aliphatic rings. The number of benzene rings is 1. The van der Waals surface area contributed by atoms with E-state index in [4.69, 9.17) is 5.26 Å². The second-order valence-electron chi connectivity index (χ2n) is 2.65. The van der Waals surface area contributed by atoms with E-state index >= 15 is 0 Å². The number of rotatable bonds is 1. The summed E-state index contributed by atoms with van der Waals surface area (Å²) in [5.41, 5.74) is 1.53. The van der Waals surface area contributed by atoms with Gasteiger partial charge in [0.15, 0.2) is 0 Å². The van der Waals surface area contributed by atoms with Gasteiger partial charge in [-0.15, -0.1) is 0 Å². The number of nitriles is 1. The monoisotopic (exact) mass is 167 g/mol. The van der Waals surface area contributed by atoms with Crippen LogP contribution in [0.15, 0.2) is 42.7 Å². The van der Waals surface area contributed by atoms with E-state index in [1.165, 1.54) is 0 Å². The quantitative estimate of drug-likeness (QED) is 0.639. The molecule has 0 saturated heterocycles. The third-order valence-corrected chi connectivity index (χ3v) is 1.84. The van der Waals surface area contributed by atoms with Crippen LogP contribution in [0.25, 0.3) is 5.69 Å². The van der Waals surface area contributed by atoms with E-state index in [9.17, 15) is 0 Å². The Morgan fingerprint density at radius 2 is 2.08 bits per heavy atom. The Morgan fingerprint density at radius 3 is 2.77 bits per heavy atom. The summed E-state index contributed by atoms with van der Waals surface area (Å²) in [6.45, 7) is 0. The van der Waals surface area contributed by atoms with Crippen LogP contribution in [0.5, 0.6) is 0 Å². The first-order valence-electron chi connectivity index (χ1n) is 3.95. The molecule has 2 nitrogen and oxygen atoms in total. The molecule has 0 bridgehead atoms. The molecular weight excluding hydrogens is 160 g/mol. The number of hydrogen-bond acceptors (Lipinski definition) is 1. The summed E-state index contributed by atoms with van der Waals surface area (Å²) >= 11 is 0. The van der Waals surface area contributed by atoms with Crippen LogP contribution in [0.2, 0.25) is 0 Å². The van der Waals surface area contributed by atoms with Crippen molar-refractivity contribution in [3.05, 3.63) is 54.4 Å². The smallest absolute Gasteiger partial charge is 0.101 e. The molecule has 0 N–H and O–H groups in total. The highest BCUT2D eigenvalue weighted by atomic mass is 14.9. The molecular formula is C11H7N2. The minimum atomic E-state index is 0.638. The molecule has 0 spiro atoms. The predicted molar refractivity (Wildman–Crippen MR) is 49.3 cm³/mol. The molecule has 1 radical (unpaired) electrons. The molecule has 0 aliphatic carbocycles. The lowest BCUT2D eigenvalue weighted by Gasteiger charge is -2.03. The molecule has 2 heteroatoms. The van der Waals surface area contributed by atoms with Gasteiger partial charge in [-0.1, -0.05) is 6.07 Å². The molecule has 61 valence electrons. The number of hydrogen-bond donors (Lipinski definition) is 0. The second-order valence-corrected chi connectivity index (χ2v) is 2.65. The van der Waals surface area contributed by atoms with Crippen LogP contribution in [-0.2, 0) is 0 Å². The Morgan fingerprint density at radius 1 is 1.31 bits per heavy atom. The van der Waals surface area contributed by atoms with Crippen LogP contribution in [0.3, 0.4) is 0 Å². The Balaban J connectivity index is 2.59. The zero-order valence-electron chi connectivity index (χ0n) is 6.94. The third-order valence-electron chi connectivity index (χ3n) is 1.84. The fourth-order valence-corrected chi connectivity index (χ4v) is 1.23. The predicted octanol–water partition coefficient (Wildman–Crippen LogP) is 2.15. The molecule has 1 aromatic carbocycles. The van der Waals surface area contributed by atoms with Crippen molar-refractivity contribution in [1.29, 1.82) is 5.26 Å². The van der Waals surface area contributed by atoms with Crippen LogP contribution < -0.4 is 0 Å². The Kier molecular flexibility index (Phi) is 1.85. The van der Waals surface area contributed by atoms with Crippen molar-refractivity contribution in [2.75, 3.05) is 0 Å². The first-order valence-corrected chi connectivity index (χ1v) is 3.95. The molecule has 0 unspecified atom stereocenters. The van der Waals surface area contributed by atoms with Crippen molar-refractivity contribution in [3.8, 4) is 11.8 Å². The van der Waals surface area contributed by atoms with Gasteiger partial charge in [0.2, 0.25) is 0 Å². The highest BCUT2D eigenvalue weighted by molar-refractivity contribution is 5.48. The van der Waals surface area contributed by atoms with Crippen LogP contribution >= 0.6 is 0 Å². The average Bonchev–Trinajstić information content (AvgIpc) is 2.70. The van der Waals surface area contributed by atoms with Crippen molar-refractivity contribution in [2.45, 2.75) is 0 Å². The lowest BCUT2D eigenvalue weighted by molar-refractivity contribution is 1.07. The van der Waals surface area contributed by atoms with Crippen molar-refractivity contribution in [1.82, 2.24) is 4.57 Å². The second kappa shape index (κ2) is 3.16. The Hall–Kier alpha value is -2.01. The standard InChI is InChI=1S/C11H7N2/c12-9-10-5-1-2-6-11(10)13-7-3-4-8-13/h2-8H. The topological polar surface area (TPSA) is 28.7 Å². The van der Waals surface area contributed by atoms with Crippen molar-refractivity contribution < 1.29 is 0 Å². The van der Waals surface area contributed by atoms with Gasteiger partial charge in [-0.2, -0.15) is 5.26 Å². The Bertz CT molecular complexity index is 435. The molecule has 1 heterocycles. The summed E-state index contributed by atoms with van der Waals surface area (Å²) < 4.78 is 1.91. The highest BCUT2D eigenvalue weighted by Gasteiger charge is 2.00. The van der Waals surface area contributed by atoms with Gasteiger partial charge >= 0.3 is 0 Å². The molecule has 0 aliphatic heterocycles. The van der Waals surface area contributed by atoms with Gasteiger partial charge in [-0.25, -0.2) is 0 Å². The zero-order chi connectivity index (χ0) is 9.10. The van der Waals surface area contributed by atoms with Gasteiger partial charge < -0.3 is 4.57 Å². The minimum absolute atomic E-state index is 0.638. The zero-order valence-corrected chi connectivity index (χ0v) is 6.94. The van der Waals surface area contributed by atoms with E-state index in [1.807, 2.05) is 35.2 Å². The molecule has 2 rings (SSSR count). The number of nitrogens with zero attached hydrogens (tertiary/aromatic N) is 2. The maximum Gasteiger partial charge on any atom is 0.101 e. The van der Waals surface area contributed by atoms with Gasteiger partial charge in [0, 0.05) is 12.4 Å². The van der Waals surface area contributed by atoms with Crippen LogP contribution in [0, 0.1) is 17.4 Å². The van der Waals surface area contributed by atoms with Crippen LogP contribution in [0.4, 0.5) is 0 Å². The minimum Gasteiger partial charge on any atom is -0.323 e.